The highest BCUT2D eigenvalue weighted by Crippen LogP contribution is 2.04. The van der Waals surface area contributed by atoms with Gasteiger partial charge >= 0.3 is 0 Å². The topological polar surface area (TPSA) is 44.6 Å². The Kier molecular flexibility index (Phi) is 10.2. The van der Waals surface area contributed by atoms with Gasteiger partial charge in [-0.25, -0.2) is 4.39 Å². The highest BCUT2D eigenvalue weighted by atomic mass is 127. The Hall–Kier alpha value is -1.61. The van der Waals surface area contributed by atoms with Gasteiger partial charge in [-0.15, -0.1) is 24.0 Å². The summed E-state index contributed by atoms with van der Waals surface area (Å²) in [6.45, 7) is 4.18. The van der Waals surface area contributed by atoms with Crippen molar-refractivity contribution >= 4 is 29.9 Å². The average Bonchev–Trinajstić information content (AvgIpc) is 3.09. The maximum absolute atomic E-state index is 12.9. The number of benzene rings is 1. The van der Waals surface area contributed by atoms with Gasteiger partial charge in [0.05, 0.1) is 0 Å². The van der Waals surface area contributed by atoms with Gasteiger partial charge in [0.1, 0.15) is 5.82 Å². The molecule has 2 aromatic rings. The van der Waals surface area contributed by atoms with Crippen LogP contribution in [-0.2, 0) is 13.1 Å². The summed E-state index contributed by atoms with van der Waals surface area (Å²) >= 11 is 0. The van der Waals surface area contributed by atoms with E-state index in [2.05, 4.69) is 25.1 Å². The van der Waals surface area contributed by atoms with Crippen LogP contribution < -0.4 is 10.6 Å². The van der Waals surface area contributed by atoms with Crippen LogP contribution in [0, 0.1) is 5.82 Å². The van der Waals surface area contributed by atoms with Crippen molar-refractivity contribution in [1.29, 1.82) is 0 Å². The summed E-state index contributed by atoms with van der Waals surface area (Å²) in [4.78, 5) is 6.41. The van der Waals surface area contributed by atoms with Crippen LogP contribution in [0.4, 0.5) is 4.39 Å². The molecule has 0 aliphatic heterocycles. The second kappa shape index (κ2) is 11.9. The van der Waals surface area contributed by atoms with E-state index in [9.17, 15) is 4.39 Å². The summed E-state index contributed by atoms with van der Waals surface area (Å²) in [7, 11) is 3.82. The Morgan fingerprint density at radius 3 is 2.40 bits per heavy atom. The van der Waals surface area contributed by atoms with E-state index in [0.29, 0.717) is 0 Å². The van der Waals surface area contributed by atoms with Crippen molar-refractivity contribution in [1.82, 2.24) is 20.1 Å². The van der Waals surface area contributed by atoms with Crippen LogP contribution in [-0.4, -0.2) is 49.2 Å². The first-order chi connectivity index (χ1) is 11.7. The van der Waals surface area contributed by atoms with E-state index in [-0.39, 0.29) is 29.8 Å². The van der Waals surface area contributed by atoms with E-state index >= 15 is 0 Å². The molecule has 0 bridgehead atoms. The lowest BCUT2D eigenvalue weighted by Crippen LogP contribution is -2.41. The third-order valence-corrected chi connectivity index (χ3v) is 3.70. The second-order valence-electron chi connectivity index (χ2n) is 5.71. The molecule has 0 fully saturated rings. The van der Waals surface area contributed by atoms with Crippen LogP contribution in [0.5, 0.6) is 0 Å². The Morgan fingerprint density at radius 2 is 1.76 bits per heavy atom. The van der Waals surface area contributed by atoms with E-state index in [1.807, 2.05) is 43.7 Å². The van der Waals surface area contributed by atoms with Gasteiger partial charge in [0, 0.05) is 52.2 Å². The first kappa shape index (κ1) is 21.4. The molecule has 2 N–H and O–H groups in total. The fourth-order valence-corrected chi connectivity index (χ4v) is 2.39. The van der Waals surface area contributed by atoms with Gasteiger partial charge in [-0.05, 0) is 36.9 Å². The lowest BCUT2D eigenvalue weighted by Gasteiger charge is -2.18. The molecule has 7 heteroatoms. The zero-order chi connectivity index (χ0) is 17.2. The van der Waals surface area contributed by atoms with Crippen molar-refractivity contribution in [2.75, 3.05) is 33.7 Å². The standard InChI is InChI=1S/C18H26FN5.HI/c1-20-18(22-10-14-24-11-3-4-12-24)21-9-13-23(2)15-16-5-7-17(19)8-6-16;/h3-8,11-12H,9-10,13-15H2,1-2H3,(H2,20,21,22);1H. The summed E-state index contributed by atoms with van der Waals surface area (Å²) in [5.74, 6) is 0.607. The Bertz CT molecular complexity index is 613. The zero-order valence-corrected chi connectivity index (χ0v) is 17.1. The third kappa shape index (κ3) is 8.35. The molecule has 1 aromatic carbocycles. The number of nitrogens with one attached hydrogen (secondary N) is 2. The van der Waals surface area contributed by atoms with E-state index in [4.69, 9.17) is 0 Å². The number of halogens is 2. The maximum atomic E-state index is 12.9. The molecule has 0 saturated heterocycles. The summed E-state index contributed by atoms with van der Waals surface area (Å²) in [6.07, 6.45) is 4.09. The number of rotatable bonds is 8. The Balaban J connectivity index is 0.00000312. The lowest BCUT2D eigenvalue weighted by atomic mass is 10.2. The van der Waals surface area contributed by atoms with Gasteiger partial charge in [-0.1, -0.05) is 12.1 Å². The van der Waals surface area contributed by atoms with Gasteiger partial charge in [0.2, 0.25) is 0 Å². The smallest absolute Gasteiger partial charge is 0.191 e. The van der Waals surface area contributed by atoms with Crippen LogP contribution in [0.25, 0.3) is 0 Å². The minimum absolute atomic E-state index is 0. The highest BCUT2D eigenvalue weighted by molar-refractivity contribution is 14.0. The molecule has 1 aromatic heterocycles. The van der Waals surface area contributed by atoms with Crippen LogP contribution >= 0.6 is 24.0 Å². The number of aliphatic imine (C=N–C) groups is 1. The van der Waals surface area contributed by atoms with Gasteiger partial charge in [-0.2, -0.15) is 0 Å². The number of hydrogen-bond donors (Lipinski definition) is 2. The third-order valence-electron chi connectivity index (χ3n) is 3.70. The van der Waals surface area contributed by atoms with Crippen LogP contribution in [0.15, 0.2) is 53.8 Å². The Labute approximate surface area is 166 Å². The number of guanidine groups is 1. The lowest BCUT2D eigenvalue weighted by molar-refractivity contribution is 0.331. The fourth-order valence-electron chi connectivity index (χ4n) is 2.39. The van der Waals surface area contributed by atoms with Gasteiger partial charge in [0.15, 0.2) is 5.96 Å². The molecule has 0 atom stereocenters. The molecule has 2 rings (SSSR count). The quantitative estimate of drug-likeness (QED) is 0.363. The predicted molar refractivity (Wildman–Crippen MR) is 112 cm³/mol. The van der Waals surface area contributed by atoms with Gasteiger partial charge in [0.25, 0.3) is 0 Å². The Morgan fingerprint density at radius 1 is 1.12 bits per heavy atom. The maximum Gasteiger partial charge on any atom is 0.191 e. The molecule has 0 amide bonds. The molecule has 138 valence electrons. The number of hydrogen-bond acceptors (Lipinski definition) is 2. The van der Waals surface area contributed by atoms with Crippen molar-refractivity contribution in [3.05, 3.63) is 60.2 Å². The van der Waals surface area contributed by atoms with Crippen molar-refractivity contribution < 1.29 is 4.39 Å². The van der Waals surface area contributed by atoms with Crippen molar-refractivity contribution in [2.24, 2.45) is 4.99 Å². The minimum Gasteiger partial charge on any atom is -0.355 e. The monoisotopic (exact) mass is 459 g/mol. The molecule has 1 heterocycles. The molecule has 0 unspecified atom stereocenters. The second-order valence-corrected chi connectivity index (χ2v) is 5.71. The van der Waals surface area contributed by atoms with Crippen LogP contribution in [0.3, 0.4) is 0 Å². The van der Waals surface area contributed by atoms with E-state index in [1.54, 1.807) is 7.05 Å². The number of nitrogens with zero attached hydrogens (tertiary/aromatic N) is 3. The van der Waals surface area contributed by atoms with Gasteiger partial charge < -0.3 is 20.1 Å². The molecule has 0 aliphatic rings. The van der Waals surface area contributed by atoms with Crippen LogP contribution in [0.1, 0.15) is 5.56 Å². The zero-order valence-electron chi connectivity index (χ0n) is 14.8. The first-order valence-corrected chi connectivity index (χ1v) is 8.15. The fraction of sp³-hybridized carbons (Fsp3) is 0.389. The molecular weight excluding hydrogens is 432 g/mol. The highest BCUT2D eigenvalue weighted by Gasteiger charge is 2.02. The van der Waals surface area contributed by atoms with E-state index in [1.165, 1.54) is 12.1 Å². The SMILES string of the molecule is CN=C(NCCN(C)Cc1ccc(F)cc1)NCCn1cccc1.I. The largest absolute Gasteiger partial charge is 0.355 e. The molecule has 25 heavy (non-hydrogen) atoms. The molecule has 0 radical (unpaired) electrons. The number of likely N-dealkylation sites (N-methyl/N-ethyl adjacent to an activating group) is 1. The average molecular weight is 459 g/mol. The summed E-state index contributed by atoms with van der Waals surface area (Å²) in [5.41, 5.74) is 1.10. The van der Waals surface area contributed by atoms with Gasteiger partial charge in [-0.3, -0.25) is 4.99 Å². The normalized spacial score (nSPS) is 11.3. The first-order valence-electron chi connectivity index (χ1n) is 8.15. The summed E-state index contributed by atoms with van der Waals surface area (Å²) < 4.78 is 15.0. The van der Waals surface area contributed by atoms with E-state index in [0.717, 1.165) is 44.2 Å². The molecular formula is C18H27FIN5. The summed E-state index contributed by atoms with van der Waals surface area (Å²) in [5, 5.41) is 6.60. The van der Waals surface area contributed by atoms with Crippen molar-refractivity contribution in [3.8, 4) is 0 Å². The predicted octanol–water partition coefficient (Wildman–Crippen LogP) is 2.54. The molecule has 5 nitrogen and oxygen atoms in total. The van der Waals surface area contributed by atoms with Crippen molar-refractivity contribution in [3.63, 3.8) is 0 Å². The molecule has 0 saturated carbocycles. The van der Waals surface area contributed by atoms with Crippen molar-refractivity contribution in [2.45, 2.75) is 13.1 Å². The minimum atomic E-state index is -0.196. The summed E-state index contributed by atoms with van der Waals surface area (Å²) in [6, 6.07) is 10.7. The van der Waals surface area contributed by atoms with E-state index < -0.39 is 0 Å². The molecule has 0 aliphatic carbocycles. The van der Waals surface area contributed by atoms with Crippen LogP contribution in [0.2, 0.25) is 0 Å². The molecule has 0 spiro atoms. The number of aromatic nitrogens is 1.